The summed E-state index contributed by atoms with van der Waals surface area (Å²) in [5.74, 6) is -0.140. The Hall–Kier alpha value is -2.39. The van der Waals surface area contributed by atoms with Gasteiger partial charge in [-0.3, -0.25) is 4.79 Å². The van der Waals surface area contributed by atoms with E-state index < -0.39 is 0 Å². The molecule has 0 aliphatic carbocycles. The van der Waals surface area contributed by atoms with Crippen LogP contribution < -0.4 is 0 Å². The lowest BCUT2D eigenvalue weighted by atomic mass is 10.0. The van der Waals surface area contributed by atoms with E-state index in [1.807, 2.05) is 42.5 Å². The van der Waals surface area contributed by atoms with Crippen LogP contribution in [0.25, 0.3) is 21.9 Å². The molecule has 0 radical (unpaired) electrons. The lowest BCUT2D eigenvalue weighted by Crippen LogP contribution is -1.91. The minimum atomic E-state index is -0.140. The standard InChI is InChI=1S/C16H10ClNO2/c17-16-13-8-11(10-4-2-1-3-5-10)6-7-12(13)15(20)14(9-19)18-16/h1-9,20H. The number of aromatic nitrogens is 1. The lowest BCUT2D eigenvalue weighted by Gasteiger charge is -2.08. The summed E-state index contributed by atoms with van der Waals surface area (Å²) in [7, 11) is 0. The average Bonchev–Trinajstić information content (AvgIpc) is 2.51. The zero-order valence-corrected chi connectivity index (χ0v) is 11.1. The van der Waals surface area contributed by atoms with E-state index in [1.165, 1.54) is 0 Å². The second kappa shape index (κ2) is 4.94. The van der Waals surface area contributed by atoms with Gasteiger partial charge in [-0.1, -0.05) is 48.0 Å². The highest BCUT2D eigenvalue weighted by atomic mass is 35.5. The van der Waals surface area contributed by atoms with Crippen LogP contribution in [0.15, 0.2) is 48.5 Å². The van der Waals surface area contributed by atoms with Crippen molar-refractivity contribution < 1.29 is 9.90 Å². The molecule has 0 bridgehead atoms. The molecule has 3 nitrogen and oxygen atoms in total. The Morgan fingerprint density at radius 2 is 1.75 bits per heavy atom. The van der Waals surface area contributed by atoms with Gasteiger partial charge in [-0.15, -0.1) is 0 Å². The number of benzene rings is 2. The number of hydrogen-bond donors (Lipinski definition) is 1. The summed E-state index contributed by atoms with van der Waals surface area (Å²) >= 11 is 6.09. The Labute approximate surface area is 120 Å². The Morgan fingerprint density at radius 3 is 2.45 bits per heavy atom. The molecule has 1 aromatic heterocycles. The van der Waals surface area contributed by atoms with Crippen LogP contribution in [-0.2, 0) is 0 Å². The zero-order chi connectivity index (χ0) is 14.1. The molecular weight excluding hydrogens is 274 g/mol. The second-order valence-corrected chi connectivity index (χ2v) is 4.74. The fourth-order valence-electron chi connectivity index (χ4n) is 2.17. The van der Waals surface area contributed by atoms with Gasteiger partial charge < -0.3 is 5.11 Å². The maximum atomic E-state index is 10.8. The van der Waals surface area contributed by atoms with Crippen LogP contribution >= 0.6 is 11.6 Å². The maximum absolute atomic E-state index is 10.8. The first-order chi connectivity index (χ1) is 9.70. The molecule has 20 heavy (non-hydrogen) atoms. The number of carbonyl (C=O) groups excluding carboxylic acids is 1. The highest BCUT2D eigenvalue weighted by molar-refractivity contribution is 6.34. The number of nitrogens with zero attached hydrogens (tertiary/aromatic N) is 1. The topological polar surface area (TPSA) is 50.2 Å². The van der Waals surface area contributed by atoms with Gasteiger partial charge in [-0.2, -0.15) is 0 Å². The Kier molecular flexibility index (Phi) is 3.12. The monoisotopic (exact) mass is 283 g/mol. The summed E-state index contributed by atoms with van der Waals surface area (Å²) in [6.07, 6.45) is 0.492. The van der Waals surface area contributed by atoms with Crippen LogP contribution in [0.2, 0.25) is 5.15 Å². The van der Waals surface area contributed by atoms with E-state index in [-0.39, 0.29) is 16.6 Å². The van der Waals surface area contributed by atoms with Gasteiger partial charge in [0.05, 0.1) is 0 Å². The van der Waals surface area contributed by atoms with E-state index in [2.05, 4.69) is 4.98 Å². The maximum Gasteiger partial charge on any atom is 0.172 e. The van der Waals surface area contributed by atoms with Crippen molar-refractivity contribution in [3.05, 3.63) is 59.4 Å². The van der Waals surface area contributed by atoms with Gasteiger partial charge in [-0.05, 0) is 23.3 Å². The first-order valence-electron chi connectivity index (χ1n) is 6.03. The van der Waals surface area contributed by atoms with Gasteiger partial charge in [0.15, 0.2) is 12.0 Å². The second-order valence-electron chi connectivity index (χ2n) is 4.38. The number of pyridine rings is 1. The predicted molar refractivity (Wildman–Crippen MR) is 79.2 cm³/mol. The van der Waals surface area contributed by atoms with Crippen LogP contribution in [0.1, 0.15) is 10.5 Å². The van der Waals surface area contributed by atoms with Crippen molar-refractivity contribution in [3.63, 3.8) is 0 Å². The van der Waals surface area contributed by atoms with Crippen molar-refractivity contribution in [2.45, 2.75) is 0 Å². The molecule has 0 unspecified atom stereocenters. The van der Waals surface area contributed by atoms with Crippen molar-refractivity contribution in [1.82, 2.24) is 4.98 Å². The molecule has 0 amide bonds. The fraction of sp³-hybridized carbons (Fsp3) is 0. The van der Waals surface area contributed by atoms with Crippen LogP contribution in [0, 0.1) is 0 Å². The third-order valence-corrected chi connectivity index (χ3v) is 3.47. The number of rotatable bonds is 2. The fourth-order valence-corrected chi connectivity index (χ4v) is 2.42. The highest BCUT2D eigenvalue weighted by Crippen LogP contribution is 2.34. The molecule has 0 fully saturated rings. The van der Waals surface area contributed by atoms with Crippen molar-refractivity contribution in [3.8, 4) is 16.9 Å². The normalized spacial score (nSPS) is 10.7. The first kappa shape index (κ1) is 12.6. The molecule has 1 heterocycles. The average molecular weight is 284 g/mol. The molecule has 1 N–H and O–H groups in total. The van der Waals surface area contributed by atoms with Gasteiger partial charge in [-0.25, -0.2) is 4.98 Å². The molecule has 0 aliphatic rings. The lowest BCUT2D eigenvalue weighted by molar-refractivity contribution is 0.111. The molecular formula is C16H10ClNO2. The minimum absolute atomic E-state index is 0.0463. The summed E-state index contributed by atoms with van der Waals surface area (Å²) in [6, 6.07) is 15.3. The Morgan fingerprint density at radius 1 is 1.00 bits per heavy atom. The molecule has 3 rings (SSSR count). The highest BCUT2D eigenvalue weighted by Gasteiger charge is 2.12. The van der Waals surface area contributed by atoms with Gasteiger partial charge in [0.25, 0.3) is 0 Å². The molecule has 0 aliphatic heterocycles. The molecule has 3 aromatic rings. The molecule has 0 spiro atoms. The van der Waals surface area contributed by atoms with Crippen LogP contribution in [-0.4, -0.2) is 16.4 Å². The number of halogens is 1. The Balaban J connectivity index is 2.27. The largest absolute Gasteiger partial charge is 0.505 e. The molecule has 4 heteroatoms. The van der Waals surface area contributed by atoms with Crippen LogP contribution in [0.3, 0.4) is 0 Å². The molecule has 0 saturated carbocycles. The third kappa shape index (κ3) is 2.02. The summed E-state index contributed by atoms with van der Waals surface area (Å²) in [6.45, 7) is 0. The molecule has 2 aromatic carbocycles. The van der Waals surface area contributed by atoms with Crippen molar-refractivity contribution in [2.24, 2.45) is 0 Å². The zero-order valence-electron chi connectivity index (χ0n) is 10.4. The summed E-state index contributed by atoms with van der Waals surface area (Å²) in [5, 5.41) is 11.3. The quantitative estimate of drug-likeness (QED) is 0.570. The molecule has 98 valence electrons. The van der Waals surface area contributed by atoms with Crippen molar-refractivity contribution in [2.75, 3.05) is 0 Å². The predicted octanol–water partition coefficient (Wildman–Crippen LogP) is 4.07. The molecule has 0 saturated heterocycles. The first-order valence-corrected chi connectivity index (χ1v) is 6.41. The van der Waals surface area contributed by atoms with E-state index in [0.29, 0.717) is 17.1 Å². The molecule has 0 atom stereocenters. The number of aldehydes is 1. The van der Waals surface area contributed by atoms with Gasteiger partial charge >= 0.3 is 0 Å². The van der Waals surface area contributed by atoms with Crippen molar-refractivity contribution in [1.29, 1.82) is 0 Å². The smallest absolute Gasteiger partial charge is 0.172 e. The van der Waals surface area contributed by atoms with E-state index in [0.717, 1.165) is 11.1 Å². The number of hydrogen-bond acceptors (Lipinski definition) is 3. The van der Waals surface area contributed by atoms with Gasteiger partial charge in [0.1, 0.15) is 10.8 Å². The number of fused-ring (bicyclic) bond motifs is 1. The van der Waals surface area contributed by atoms with Gasteiger partial charge in [0.2, 0.25) is 0 Å². The minimum Gasteiger partial charge on any atom is -0.505 e. The van der Waals surface area contributed by atoms with Crippen molar-refractivity contribution >= 4 is 28.7 Å². The number of aromatic hydroxyl groups is 1. The van der Waals surface area contributed by atoms with Crippen LogP contribution in [0.5, 0.6) is 5.75 Å². The van der Waals surface area contributed by atoms with E-state index >= 15 is 0 Å². The van der Waals surface area contributed by atoms with E-state index in [4.69, 9.17) is 11.6 Å². The summed E-state index contributed by atoms with van der Waals surface area (Å²) in [5.41, 5.74) is 1.97. The van der Waals surface area contributed by atoms with E-state index in [9.17, 15) is 9.90 Å². The third-order valence-electron chi connectivity index (χ3n) is 3.18. The summed E-state index contributed by atoms with van der Waals surface area (Å²) in [4.78, 5) is 14.7. The van der Waals surface area contributed by atoms with E-state index in [1.54, 1.807) is 6.07 Å². The van der Waals surface area contributed by atoms with Gasteiger partial charge in [0, 0.05) is 10.8 Å². The SMILES string of the molecule is O=Cc1nc(Cl)c2cc(-c3ccccc3)ccc2c1O. The number of carbonyl (C=O) groups is 1. The van der Waals surface area contributed by atoms with Crippen LogP contribution in [0.4, 0.5) is 0 Å². The summed E-state index contributed by atoms with van der Waals surface area (Å²) < 4.78 is 0. The Bertz CT molecular complexity index is 800.